The monoisotopic (exact) mass is 533 g/mol. The number of fused-ring (bicyclic) bond motifs is 2. The summed E-state index contributed by atoms with van der Waals surface area (Å²) in [5.41, 5.74) is 1.16. The summed E-state index contributed by atoms with van der Waals surface area (Å²) in [6, 6.07) is 15.0. The molecule has 0 spiro atoms. The van der Waals surface area contributed by atoms with Crippen LogP contribution >= 0.6 is 0 Å². The molecule has 2 atom stereocenters. The first-order chi connectivity index (χ1) is 18.6. The van der Waals surface area contributed by atoms with Gasteiger partial charge in [-0.2, -0.15) is 5.26 Å². The first kappa shape index (κ1) is 26.3. The quantitative estimate of drug-likeness (QED) is 0.362. The van der Waals surface area contributed by atoms with Crippen molar-refractivity contribution in [1.82, 2.24) is 0 Å². The van der Waals surface area contributed by atoms with Gasteiger partial charge in [-0.3, -0.25) is 4.79 Å². The van der Waals surface area contributed by atoms with Gasteiger partial charge in [0.2, 0.25) is 0 Å². The van der Waals surface area contributed by atoms with E-state index in [1.54, 1.807) is 56.3 Å². The second-order valence-electron chi connectivity index (χ2n) is 10.4. The van der Waals surface area contributed by atoms with Gasteiger partial charge in [0.05, 0.1) is 24.2 Å². The first-order valence-electron chi connectivity index (χ1n) is 12.6. The lowest BCUT2D eigenvalue weighted by atomic mass is 9.98. The SMILES string of the molecule is CC(C)(O)COc1cc(Oc2ccc(F)c3c2CCC3Oc2ccc3c(c2)OCC3CC(=O)O)ccc1C#N. The van der Waals surface area contributed by atoms with Crippen LogP contribution in [0.5, 0.6) is 28.7 Å². The second kappa shape index (κ2) is 10.5. The van der Waals surface area contributed by atoms with Crippen LogP contribution in [0.25, 0.3) is 0 Å². The molecule has 1 aliphatic heterocycles. The van der Waals surface area contributed by atoms with Crippen molar-refractivity contribution < 1.29 is 38.3 Å². The zero-order valence-electron chi connectivity index (χ0n) is 21.6. The van der Waals surface area contributed by atoms with E-state index in [-0.39, 0.29) is 24.7 Å². The van der Waals surface area contributed by atoms with Crippen molar-refractivity contribution in [1.29, 1.82) is 5.26 Å². The Bertz CT molecular complexity index is 1460. The first-order valence-corrected chi connectivity index (χ1v) is 12.6. The number of aliphatic hydroxyl groups is 1. The van der Waals surface area contributed by atoms with Crippen LogP contribution in [0.15, 0.2) is 48.5 Å². The molecule has 2 unspecified atom stereocenters. The van der Waals surface area contributed by atoms with Gasteiger partial charge < -0.3 is 29.2 Å². The van der Waals surface area contributed by atoms with E-state index in [0.717, 1.165) is 5.56 Å². The van der Waals surface area contributed by atoms with Crippen LogP contribution in [0.2, 0.25) is 0 Å². The molecule has 202 valence electrons. The van der Waals surface area contributed by atoms with E-state index < -0.39 is 23.5 Å². The van der Waals surface area contributed by atoms with Crippen LogP contribution in [0, 0.1) is 17.1 Å². The van der Waals surface area contributed by atoms with Gasteiger partial charge >= 0.3 is 5.97 Å². The fourth-order valence-electron chi connectivity index (χ4n) is 4.89. The highest BCUT2D eigenvalue weighted by Gasteiger charge is 2.32. The maximum Gasteiger partial charge on any atom is 0.304 e. The van der Waals surface area contributed by atoms with E-state index in [9.17, 15) is 15.2 Å². The molecular formula is C30H28FNO7. The zero-order chi connectivity index (χ0) is 27.7. The number of benzene rings is 3. The molecule has 0 fully saturated rings. The van der Waals surface area contributed by atoms with Gasteiger partial charge in [0, 0.05) is 34.7 Å². The number of halogens is 1. The molecular weight excluding hydrogens is 505 g/mol. The minimum absolute atomic E-state index is 0.00987. The summed E-state index contributed by atoms with van der Waals surface area (Å²) in [5, 5.41) is 28.5. The molecule has 9 heteroatoms. The number of rotatable bonds is 9. The predicted molar refractivity (Wildman–Crippen MR) is 138 cm³/mol. The van der Waals surface area contributed by atoms with Gasteiger partial charge in [-0.15, -0.1) is 0 Å². The third-order valence-corrected chi connectivity index (χ3v) is 6.69. The van der Waals surface area contributed by atoms with Gasteiger partial charge in [-0.25, -0.2) is 4.39 Å². The summed E-state index contributed by atoms with van der Waals surface area (Å²) < 4.78 is 38.6. The number of carboxylic acid groups (broad SMARTS) is 1. The molecule has 5 rings (SSSR count). The minimum atomic E-state index is -1.08. The van der Waals surface area contributed by atoms with Crippen LogP contribution in [0.3, 0.4) is 0 Å². The van der Waals surface area contributed by atoms with Crippen LogP contribution in [-0.2, 0) is 11.2 Å². The maximum atomic E-state index is 15.0. The van der Waals surface area contributed by atoms with Crippen molar-refractivity contribution in [3.05, 3.63) is 76.6 Å². The fourth-order valence-corrected chi connectivity index (χ4v) is 4.89. The zero-order valence-corrected chi connectivity index (χ0v) is 21.6. The van der Waals surface area contributed by atoms with E-state index in [1.807, 2.05) is 0 Å². The lowest BCUT2D eigenvalue weighted by Gasteiger charge is -2.19. The van der Waals surface area contributed by atoms with Crippen molar-refractivity contribution in [3.63, 3.8) is 0 Å². The van der Waals surface area contributed by atoms with Gasteiger partial charge in [-0.05, 0) is 57.0 Å². The molecule has 2 aliphatic rings. The number of hydrogen-bond acceptors (Lipinski definition) is 7. The van der Waals surface area contributed by atoms with Crippen molar-refractivity contribution in [3.8, 4) is 34.8 Å². The molecule has 0 radical (unpaired) electrons. The van der Waals surface area contributed by atoms with E-state index in [2.05, 4.69) is 6.07 Å². The molecule has 0 bridgehead atoms. The topological polar surface area (TPSA) is 118 Å². The van der Waals surface area contributed by atoms with Crippen LogP contribution in [0.4, 0.5) is 4.39 Å². The molecule has 3 aromatic rings. The van der Waals surface area contributed by atoms with Crippen molar-refractivity contribution >= 4 is 5.97 Å². The molecule has 3 aromatic carbocycles. The lowest BCUT2D eigenvalue weighted by Crippen LogP contribution is -2.28. The smallest absolute Gasteiger partial charge is 0.304 e. The third-order valence-electron chi connectivity index (χ3n) is 6.69. The molecule has 0 saturated heterocycles. The number of hydrogen-bond donors (Lipinski definition) is 2. The predicted octanol–water partition coefficient (Wildman–Crippen LogP) is 5.66. The Morgan fingerprint density at radius 1 is 1.15 bits per heavy atom. The molecule has 1 heterocycles. The van der Waals surface area contributed by atoms with E-state index in [1.165, 1.54) is 6.07 Å². The Hall–Kier alpha value is -4.29. The Labute approximate surface area is 225 Å². The molecule has 8 nitrogen and oxygen atoms in total. The normalized spacial score (nSPS) is 17.5. The van der Waals surface area contributed by atoms with Crippen molar-refractivity contribution in [2.45, 2.75) is 50.7 Å². The Morgan fingerprint density at radius 2 is 1.95 bits per heavy atom. The second-order valence-corrected chi connectivity index (χ2v) is 10.4. The van der Waals surface area contributed by atoms with E-state index >= 15 is 4.39 Å². The number of carboxylic acids is 1. The fraction of sp³-hybridized carbons (Fsp3) is 0.333. The lowest BCUT2D eigenvalue weighted by molar-refractivity contribution is -0.137. The average Bonchev–Trinajstić information content (AvgIpc) is 3.48. The summed E-state index contributed by atoms with van der Waals surface area (Å²) in [7, 11) is 0. The molecule has 0 aromatic heterocycles. The van der Waals surface area contributed by atoms with Crippen LogP contribution in [-0.4, -0.2) is 35.0 Å². The standard InChI is InChI=1S/C30H28FNO7/c1-30(2,35)16-37-26-12-19(4-3-17(26)14-32)38-24-10-8-23(31)29-22(24)7-9-25(29)39-20-5-6-21-18(11-28(33)34)15-36-27(21)13-20/h3-6,8,10,12-13,18,25,35H,7,9,11,15-16H2,1-2H3,(H,33,34). The summed E-state index contributed by atoms with van der Waals surface area (Å²) in [6.45, 7) is 3.49. The molecule has 0 amide bonds. The third kappa shape index (κ3) is 5.76. The molecule has 0 saturated carbocycles. The Balaban J connectivity index is 1.35. The van der Waals surface area contributed by atoms with Gasteiger partial charge in [0.1, 0.15) is 53.3 Å². The van der Waals surface area contributed by atoms with E-state index in [4.69, 9.17) is 24.1 Å². The van der Waals surface area contributed by atoms with Crippen molar-refractivity contribution in [2.24, 2.45) is 0 Å². The maximum absolute atomic E-state index is 15.0. The molecule has 1 aliphatic carbocycles. The Morgan fingerprint density at radius 3 is 2.69 bits per heavy atom. The number of aliphatic carboxylic acids is 1. The highest BCUT2D eigenvalue weighted by Crippen LogP contribution is 2.44. The average molecular weight is 534 g/mol. The van der Waals surface area contributed by atoms with Gasteiger partial charge in [0.15, 0.2) is 0 Å². The Kier molecular flexibility index (Phi) is 7.06. The summed E-state index contributed by atoms with van der Waals surface area (Å²) >= 11 is 0. The largest absolute Gasteiger partial charge is 0.492 e. The summed E-state index contributed by atoms with van der Waals surface area (Å²) in [4.78, 5) is 11.1. The minimum Gasteiger partial charge on any atom is -0.492 e. The van der Waals surface area contributed by atoms with Crippen LogP contribution in [0.1, 0.15) is 61.0 Å². The van der Waals surface area contributed by atoms with Crippen LogP contribution < -0.4 is 18.9 Å². The molecule has 2 N–H and O–H groups in total. The van der Waals surface area contributed by atoms with Gasteiger partial charge in [-0.1, -0.05) is 6.07 Å². The summed E-state index contributed by atoms with van der Waals surface area (Å²) in [5.74, 6) is 0.765. The number of carbonyl (C=O) groups is 1. The van der Waals surface area contributed by atoms with Crippen molar-refractivity contribution in [2.75, 3.05) is 13.2 Å². The number of nitrogens with zero attached hydrogens (tertiary/aromatic N) is 1. The molecule has 39 heavy (non-hydrogen) atoms. The summed E-state index contributed by atoms with van der Waals surface area (Å²) in [6.07, 6.45) is 0.528. The number of ether oxygens (including phenoxy) is 4. The number of nitriles is 1. The highest BCUT2D eigenvalue weighted by molar-refractivity contribution is 5.69. The van der Waals surface area contributed by atoms with Gasteiger partial charge in [0.25, 0.3) is 0 Å². The highest BCUT2D eigenvalue weighted by atomic mass is 19.1. The van der Waals surface area contributed by atoms with E-state index in [0.29, 0.717) is 59.1 Å².